The van der Waals surface area contributed by atoms with Crippen LogP contribution < -0.4 is 21.1 Å². The first-order valence-electron chi connectivity index (χ1n) is 7.93. The van der Waals surface area contributed by atoms with Gasteiger partial charge < -0.3 is 20.9 Å². The van der Waals surface area contributed by atoms with E-state index in [9.17, 15) is 5.11 Å². The third-order valence-corrected chi connectivity index (χ3v) is 3.97. The lowest BCUT2D eigenvalue weighted by Crippen LogP contribution is -2.44. The highest BCUT2D eigenvalue weighted by atomic mass is 16.5. The van der Waals surface area contributed by atoms with Crippen molar-refractivity contribution < 1.29 is 9.84 Å². The van der Waals surface area contributed by atoms with Crippen LogP contribution >= 0.6 is 0 Å². The minimum Gasteiger partial charge on any atom is -0.457 e. The Kier molecular flexibility index (Phi) is 5.25. The summed E-state index contributed by atoms with van der Waals surface area (Å²) in [5.41, 5.74) is 6.90. The lowest BCUT2D eigenvalue weighted by molar-refractivity contribution is 0.0989. The summed E-state index contributed by atoms with van der Waals surface area (Å²) in [6.45, 7) is 1.32. The lowest BCUT2D eigenvalue weighted by Gasteiger charge is -2.20. The summed E-state index contributed by atoms with van der Waals surface area (Å²) in [7, 11) is 0. The second-order valence-corrected chi connectivity index (χ2v) is 5.90. The van der Waals surface area contributed by atoms with Crippen LogP contribution in [0.5, 0.6) is 11.5 Å². The van der Waals surface area contributed by atoms with Gasteiger partial charge in [0.2, 0.25) is 0 Å². The molecule has 5 N–H and O–H groups in total. The predicted octanol–water partition coefficient (Wildman–Crippen LogP) is 1.58. The number of hydrogen-bond donors (Lipinski definition) is 4. The van der Waals surface area contributed by atoms with E-state index in [1.54, 1.807) is 0 Å². The molecule has 0 saturated carbocycles. The van der Waals surface area contributed by atoms with E-state index in [1.807, 2.05) is 54.6 Å². The maximum Gasteiger partial charge on any atom is 0.127 e. The molecule has 1 saturated heterocycles. The van der Waals surface area contributed by atoms with Gasteiger partial charge in [0.05, 0.1) is 0 Å². The fraction of sp³-hybridized carbons (Fsp3) is 0.333. The summed E-state index contributed by atoms with van der Waals surface area (Å²) in [6, 6.07) is 17.7. The van der Waals surface area contributed by atoms with Gasteiger partial charge in [-0.2, -0.15) is 0 Å². The SMILES string of the molecule is NC1CNC(C(O)NCc2cccc(Oc3ccccc3)c2)C1. The molecule has 2 aromatic carbocycles. The van der Waals surface area contributed by atoms with Crippen LogP contribution in [-0.4, -0.2) is 30.0 Å². The van der Waals surface area contributed by atoms with Crippen molar-refractivity contribution in [3.05, 3.63) is 60.2 Å². The molecule has 0 radical (unpaired) electrons. The molecule has 0 aromatic heterocycles. The van der Waals surface area contributed by atoms with Crippen LogP contribution in [0, 0.1) is 0 Å². The Hall–Kier alpha value is -1.92. The molecule has 1 fully saturated rings. The highest BCUT2D eigenvalue weighted by molar-refractivity contribution is 5.33. The topological polar surface area (TPSA) is 79.5 Å². The zero-order valence-corrected chi connectivity index (χ0v) is 13.0. The minimum absolute atomic E-state index is 0.00810. The smallest absolute Gasteiger partial charge is 0.127 e. The maximum atomic E-state index is 10.2. The Labute approximate surface area is 136 Å². The highest BCUT2D eigenvalue weighted by Crippen LogP contribution is 2.21. The number of ether oxygens (including phenoxy) is 1. The van der Waals surface area contributed by atoms with Gasteiger partial charge in [0.15, 0.2) is 0 Å². The zero-order valence-electron chi connectivity index (χ0n) is 13.0. The molecule has 1 aliphatic heterocycles. The Balaban J connectivity index is 1.55. The van der Waals surface area contributed by atoms with Crippen molar-refractivity contribution in [2.45, 2.75) is 31.3 Å². The van der Waals surface area contributed by atoms with E-state index in [4.69, 9.17) is 10.5 Å². The molecule has 0 amide bonds. The minimum atomic E-state index is -0.609. The normalized spacial score (nSPS) is 22.0. The van der Waals surface area contributed by atoms with E-state index in [1.165, 1.54) is 0 Å². The van der Waals surface area contributed by atoms with Crippen molar-refractivity contribution in [2.24, 2.45) is 5.73 Å². The molecule has 1 heterocycles. The Morgan fingerprint density at radius 3 is 2.70 bits per heavy atom. The maximum absolute atomic E-state index is 10.2. The van der Waals surface area contributed by atoms with Crippen molar-refractivity contribution in [1.29, 1.82) is 0 Å². The second kappa shape index (κ2) is 7.57. The Morgan fingerprint density at radius 2 is 1.96 bits per heavy atom. The summed E-state index contributed by atoms with van der Waals surface area (Å²) in [6.07, 6.45) is 0.174. The van der Waals surface area contributed by atoms with Gasteiger partial charge in [-0.05, 0) is 36.2 Å². The van der Waals surface area contributed by atoms with Gasteiger partial charge in [-0.15, -0.1) is 0 Å². The Bertz CT molecular complexity index is 621. The van der Waals surface area contributed by atoms with E-state index in [-0.39, 0.29) is 12.1 Å². The number of nitrogens with one attached hydrogen (secondary N) is 2. The van der Waals surface area contributed by atoms with Crippen LogP contribution in [0.4, 0.5) is 0 Å². The van der Waals surface area contributed by atoms with Crippen LogP contribution in [0.3, 0.4) is 0 Å². The summed E-state index contributed by atoms with van der Waals surface area (Å²) in [5, 5.41) is 16.5. The predicted molar refractivity (Wildman–Crippen MR) is 90.2 cm³/mol. The van der Waals surface area contributed by atoms with Crippen molar-refractivity contribution in [2.75, 3.05) is 6.54 Å². The number of rotatable bonds is 6. The van der Waals surface area contributed by atoms with E-state index in [0.29, 0.717) is 6.54 Å². The molecule has 0 aliphatic carbocycles. The third kappa shape index (κ3) is 4.53. The monoisotopic (exact) mass is 313 g/mol. The number of aliphatic hydroxyl groups is 1. The van der Waals surface area contributed by atoms with Crippen LogP contribution in [0.25, 0.3) is 0 Å². The number of benzene rings is 2. The van der Waals surface area contributed by atoms with Crippen LogP contribution in [0.15, 0.2) is 54.6 Å². The number of para-hydroxylation sites is 1. The van der Waals surface area contributed by atoms with Crippen molar-refractivity contribution in [3.8, 4) is 11.5 Å². The molecule has 3 atom stereocenters. The van der Waals surface area contributed by atoms with Gasteiger partial charge in [-0.25, -0.2) is 0 Å². The quantitative estimate of drug-likeness (QED) is 0.609. The molecule has 2 aromatic rings. The van der Waals surface area contributed by atoms with Gasteiger partial charge in [-0.3, -0.25) is 5.32 Å². The molecule has 3 rings (SSSR count). The Morgan fingerprint density at radius 1 is 1.17 bits per heavy atom. The fourth-order valence-corrected chi connectivity index (χ4v) is 2.74. The van der Waals surface area contributed by atoms with Gasteiger partial charge in [-0.1, -0.05) is 30.3 Å². The average molecular weight is 313 g/mol. The van der Waals surface area contributed by atoms with Crippen LogP contribution in [-0.2, 0) is 6.54 Å². The summed E-state index contributed by atoms with van der Waals surface area (Å²) in [4.78, 5) is 0. The van der Waals surface area contributed by atoms with E-state index >= 15 is 0 Å². The van der Waals surface area contributed by atoms with Gasteiger partial charge in [0, 0.05) is 25.2 Å². The summed E-state index contributed by atoms with van der Waals surface area (Å²) >= 11 is 0. The van der Waals surface area contributed by atoms with Gasteiger partial charge in [0.25, 0.3) is 0 Å². The highest BCUT2D eigenvalue weighted by Gasteiger charge is 2.26. The first kappa shape index (κ1) is 16.0. The molecule has 3 unspecified atom stereocenters. The van der Waals surface area contributed by atoms with E-state index < -0.39 is 6.23 Å². The van der Waals surface area contributed by atoms with Gasteiger partial charge in [0.1, 0.15) is 17.7 Å². The summed E-state index contributed by atoms with van der Waals surface area (Å²) in [5.74, 6) is 1.59. The third-order valence-electron chi connectivity index (χ3n) is 3.97. The fourth-order valence-electron chi connectivity index (χ4n) is 2.74. The number of nitrogens with two attached hydrogens (primary N) is 1. The molecular formula is C18H23N3O2. The van der Waals surface area contributed by atoms with Crippen molar-refractivity contribution in [1.82, 2.24) is 10.6 Å². The summed E-state index contributed by atoms with van der Waals surface area (Å²) < 4.78 is 5.82. The van der Waals surface area contributed by atoms with Crippen LogP contribution in [0.1, 0.15) is 12.0 Å². The molecule has 0 bridgehead atoms. The lowest BCUT2D eigenvalue weighted by atomic mass is 10.1. The zero-order chi connectivity index (χ0) is 16.1. The van der Waals surface area contributed by atoms with Crippen molar-refractivity contribution >= 4 is 0 Å². The average Bonchev–Trinajstić information content (AvgIpc) is 3.01. The first-order valence-corrected chi connectivity index (χ1v) is 7.93. The number of hydrogen-bond acceptors (Lipinski definition) is 5. The molecule has 0 spiro atoms. The van der Waals surface area contributed by atoms with E-state index in [0.717, 1.165) is 30.0 Å². The van der Waals surface area contributed by atoms with Crippen LogP contribution in [0.2, 0.25) is 0 Å². The molecule has 5 heteroatoms. The van der Waals surface area contributed by atoms with Gasteiger partial charge >= 0.3 is 0 Å². The molecule has 23 heavy (non-hydrogen) atoms. The van der Waals surface area contributed by atoms with E-state index in [2.05, 4.69) is 10.6 Å². The van der Waals surface area contributed by atoms with Crippen molar-refractivity contribution in [3.63, 3.8) is 0 Å². The molecule has 122 valence electrons. The molecule has 1 aliphatic rings. The first-order chi connectivity index (χ1) is 11.2. The number of aliphatic hydroxyl groups excluding tert-OH is 1. The molecular weight excluding hydrogens is 290 g/mol. The molecule has 5 nitrogen and oxygen atoms in total. The second-order valence-electron chi connectivity index (χ2n) is 5.90. The standard InChI is InChI=1S/C18H23N3O2/c19-14-10-17(20-12-14)18(22)21-11-13-5-4-8-16(9-13)23-15-6-2-1-3-7-15/h1-9,14,17-18,20-22H,10-12,19H2. The largest absolute Gasteiger partial charge is 0.457 e.